The van der Waals surface area contributed by atoms with Crippen molar-refractivity contribution in [2.75, 3.05) is 33.7 Å². The molecule has 2 N–H and O–H groups in total. The fraction of sp³-hybridized carbons (Fsp3) is 0.938. The summed E-state index contributed by atoms with van der Waals surface area (Å²) in [4.78, 5) is 16.7. The van der Waals surface area contributed by atoms with Crippen LogP contribution in [-0.2, 0) is 4.79 Å². The van der Waals surface area contributed by atoms with Gasteiger partial charge in [-0.2, -0.15) is 0 Å². The van der Waals surface area contributed by atoms with Crippen LogP contribution >= 0.6 is 0 Å². The lowest BCUT2D eigenvalue weighted by Gasteiger charge is -2.41. The number of carboxylic acids is 1. The minimum absolute atomic E-state index is 0.319. The number of aliphatic carboxylic acids is 1. The molecule has 0 bridgehead atoms. The van der Waals surface area contributed by atoms with E-state index in [-0.39, 0.29) is 0 Å². The van der Waals surface area contributed by atoms with Crippen LogP contribution in [0.2, 0.25) is 0 Å². The summed E-state index contributed by atoms with van der Waals surface area (Å²) >= 11 is 0. The van der Waals surface area contributed by atoms with Crippen molar-refractivity contribution in [2.24, 2.45) is 5.92 Å². The first kappa shape index (κ1) is 15.3. The van der Waals surface area contributed by atoms with Crippen molar-refractivity contribution in [3.63, 3.8) is 0 Å². The van der Waals surface area contributed by atoms with Crippen LogP contribution in [0.4, 0.5) is 0 Å². The van der Waals surface area contributed by atoms with Crippen LogP contribution in [0, 0.1) is 5.92 Å². The molecule has 1 saturated heterocycles. The SMILES string of the molecule is CN1CCCC(N(C)CC(NC2CC2)(C(=O)O)C2CC2)C1. The Labute approximate surface area is 127 Å². The van der Waals surface area contributed by atoms with E-state index in [1.807, 2.05) is 0 Å². The van der Waals surface area contributed by atoms with Gasteiger partial charge in [0.2, 0.25) is 0 Å². The van der Waals surface area contributed by atoms with Crippen LogP contribution in [0.5, 0.6) is 0 Å². The van der Waals surface area contributed by atoms with Crippen molar-refractivity contribution in [1.29, 1.82) is 0 Å². The van der Waals surface area contributed by atoms with Crippen LogP contribution in [0.25, 0.3) is 0 Å². The van der Waals surface area contributed by atoms with Gasteiger partial charge in [-0.1, -0.05) is 0 Å². The molecule has 0 aromatic rings. The second-order valence-electron chi connectivity index (χ2n) is 7.44. The van der Waals surface area contributed by atoms with E-state index in [9.17, 15) is 9.90 Å². The molecule has 2 saturated carbocycles. The molecule has 0 aromatic heterocycles. The highest BCUT2D eigenvalue weighted by atomic mass is 16.4. The van der Waals surface area contributed by atoms with Crippen molar-refractivity contribution < 1.29 is 9.90 Å². The summed E-state index contributed by atoms with van der Waals surface area (Å²) < 4.78 is 0. The average Bonchev–Trinajstić information content (AvgIpc) is 3.30. The Kier molecular flexibility index (Phi) is 4.26. The van der Waals surface area contributed by atoms with Gasteiger partial charge in [-0.3, -0.25) is 15.0 Å². The summed E-state index contributed by atoms with van der Waals surface area (Å²) in [7, 11) is 4.27. The fourth-order valence-corrected chi connectivity index (χ4v) is 3.79. The molecule has 2 unspecified atom stereocenters. The number of nitrogens with one attached hydrogen (secondary N) is 1. The van der Waals surface area contributed by atoms with E-state index < -0.39 is 11.5 Å². The number of likely N-dealkylation sites (N-methyl/N-ethyl adjacent to an activating group) is 2. The summed E-state index contributed by atoms with van der Waals surface area (Å²) in [6.07, 6.45) is 6.79. The first-order valence-corrected chi connectivity index (χ1v) is 8.41. The molecule has 2 aliphatic carbocycles. The van der Waals surface area contributed by atoms with Crippen molar-refractivity contribution in [3.05, 3.63) is 0 Å². The molecule has 0 radical (unpaired) electrons. The molecule has 3 fully saturated rings. The number of rotatable bonds is 7. The summed E-state index contributed by atoms with van der Waals surface area (Å²) in [5, 5.41) is 13.4. The van der Waals surface area contributed by atoms with Gasteiger partial charge in [0.05, 0.1) is 0 Å². The smallest absolute Gasteiger partial charge is 0.325 e. The Balaban J connectivity index is 1.69. The van der Waals surface area contributed by atoms with E-state index in [0.717, 1.165) is 38.8 Å². The van der Waals surface area contributed by atoms with Crippen LogP contribution in [0.3, 0.4) is 0 Å². The molecule has 0 spiro atoms. The van der Waals surface area contributed by atoms with Crippen molar-refractivity contribution >= 4 is 5.97 Å². The Bertz CT molecular complexity index is 395. The molecule has 3 aliphatic rings. The summed E-state index contributed by atoms with van der Waals surface area (Å²) in [5.74, 6) is -0.327. The molecule has 1 aliphatic heterocycles. The zero-order chi connectivity index (χ0) is 15.0. The summed E-state index contributed by atoms with van der Waals surface area (Å²) in [5.41, 5.74) is -0.716. The molecule has 5 nitrogen and oxygen atoms in total. The third-order valence-electron chi connectivity index (χ3n) is 5.42. The predicted molar refractivity (Wildman–Crippen MR) is 82.4 cm³/mol. The highest BCUT2D eigenvalue weighted by Crippen LogP contribution is 2.42. The molecule has 1 heterocycles. The van der Waals surface area contributed by atoms with Gasteiger partial charge in [-0.25, -0.2) is 0 Å². The standard InChI is InChI=1S/C16H29N3O2/c1-18-9-3-4-14(10-18)19(2)11-16(15(20)21,12-5-6-12)17-13-7-8-13/h12-14,17H,3-11H2,1-2H3,(H,20,21). The van der Waals surface area contributed by atoms with Crippen molar-refractivity contribution in [2.45, 2.75) is 56.1 Å². The molecule has 21 heavy (non-hydrogen) atoms. The Morgan fingerprint density at radius 2 is 2.05 bits per heavy atom. The van der Waals surface area contributed by atoms with E-state index >= 15 is 0 Å². The third kappa shape index (κ3) is 3.41. The number of hydrogen-bond acceptors (Lipinski definition) is 4. The second-order valence-corrected chi connectivity index (χ2v) is 7.44. The molecule has 120 valence electrons. The van der Waals surface area contributed by atoms with Gasteiger partial charge in [0.1, 0.15) is 5.54 Å². The highest BCUT2D eigenvalue weighted by Gasteiger charge is 2.54. The van der Waals surface area contributed by atoms with E-state index in [1.165, 1.54) is 12.8 Å². The van der Waals surface area contributed by atoms with Crippen molar-refractivity contribution in [1.82, 2.24) is 15.1 Å². The molecule has 3 rings (SSSR count). The van der Waals surface area contributed by atoms with E-state index in [4.69, 9.17) is 0 Å². The van der Waals surface area contributed by atoms with E-state index in [1.54, 1.807) is 0 Å². The quantitative estimate of drug-likeness (QED) is 0.734. The van der Waals surface area contributed by atoms with Gasteiger partial charge in [-0.15, -0.1) is 0 Å². The van der Waals surface area contributed by atoms with Gasteiger partial charge in [0.15, 0.2) is 0 Å². The number of nitrogens with zero attached hydrogens (tertiary/aromatic N) is 2. The maximum absolute atomic E-state index is 12.0. The molecule has 2 atom stereocenters. The summed E-state index contributed by atoms with van der Waals surface area (Å²) in [6, 6.07) is 0.923. The van der Waals surface area contributed by atoms with E-state index in [0.29, 0.717) is 24.5 Å². The Morgan fingerprint density at radius 3 is 2.57 bits per heavy atom. The molecular formula is C16H29N3O2. The number of hydrogen-bond donors (Lipinski definition) is 2. The maximum Gasteiger partial charge on any atom is 0.325 e. The zero-order valence-corrected chi connectivity index (χ0v) is 13.3. The lowest BCUT2D eigenvalue weighted by atomic mass is 9.90. The third-order valence-corrected chi connectivity index (χ3v) is 5.42. The van der Waals surface area contributed by atoms with Crippen molar-refractivity contribution in [3.8, 4) is 0 Å². The lowest BCUT2D eigenvalue weighted by molar-refractivity contribution is -0.147. The van der Waals surface area contributed by atoms with Crippen LogP contribution in [0.15, 0.2) is 0 Å². The van der Waals surface area contributed by atoms with Gasteiger partial charge >= 0.3 is 5.97 Å². The molecule has 0 amide bonds. The molecular weight excluding hydrogens is 266 g/mol. The number of carbonyl (C=O) groups is 1. The molecule has 5 heteroatoms. The molecule has 0 aromatic carbocycles. The van der Waals surface area contributed by atoms with Crippen LogP contribution in [-0.4, -0.2) is 72.2 Å². The minimum Gasteiger partial charge on any atom is -0.480 e. The second kappa shape index (κ2) is 5.86. The predicted octanol–water partition coefficient (Wildman–Crippen LogP) is 0.998. The fourth-order valence-electron chi connectivity index (χ4n) is 3.79. The Morgan fingerprint density at radius 1 is 1.33 bits per heavy atom. The lowest BCUT2D eigenvalue weighted by Crippen LogP contribution is -2.63. The van der Waals surface area contributed by atoms with Gasteiger partial charge < -0.3 is 10.0 Å². The number of likely N-dealkylation sites (tertiary alicyclic amines) is 1. The zero-order valence-electron chi connectivity index (χ0n) is 13.3. The normalized spacial score (nSPS) is 30.3. The van der Waals surface area contributed by atoms with Gasteiger partial charge in [0.25, 0.3) is 0 Å². The minimum atomic E-state index is -0.716. The van der Waals surface area contributed by atoms with Crippen LogP contribution in [0.1, 0.15) is 38.5 Å². The number of carboxylic acid groups (broad SMARTS) is 1. The van der Waals surface area contributed by atoms with Crippen LogP contribution < -0.4 is 5.32 Å². The first-order chi connectivity index (χ1) is 10.0. The average molecular weight is 295 g/mol. The number of piperidine rings is 1. The largest absolute Gasteiger partial charge is 0.480 e. The Hall–Kier alpha value is -0.650. The van der Waals surface area contributed by atoms with E-state index in [2.05, 4.69) is 29.2 Å². The van der Waals surface area contributed by atoms with Gasteiger partial charge in [0, 0.05) is 25.2 Å². The monoisotopic (exact) mass is 295 g/mol. The topological polar surface area (TPSA) is 55.8 Å². The first-order valence-electron chi connectivity index (χ1n) is 8.41. The van der Waals surface area contributed by atoms with Gasteiger partial charge in [-0.05, 0) is 65.1 Å². The maximum atomic E-state index is 12.0. The summed E-state index contributed by atoms with van der Waals surface area (Å²) in [6.45, 7) is 2.86. The highest BCUT2D eigenvalue weighted by molar-refractivity contribution is 5.80.